The lowest BCUT2D eigenvalue weighted by Gasteiger charge is -2.15. The number of rotatable bonds is 6. The van der Waals surface area contributed by atoms with E-state index in [-0.39, 0.29) is 18.8 Å². The minimum Gasteiger partial charge on any atom is -0.387 e. The summed E-state index contributed by atoms with van der Waals surface area (Å²) < 4.78 is 40.2. The topological polar surface area (TPSA) is 105 Å². The van der Waals surface area contributed by atoms with Gasteiger partial charge in [0.25, 0.3) is 0 Å². The van der Waals surface area contributed by atoms with Crippen LogP contribution in [0.2, 0.25) is 5.02 Å². The predicted molar refractivity (Wildman–Crippen MR) is 100 cm³/mol. The molecule has 0 aliphatic carbocycles. The van der Waals surface area contributed by atoms with Crippen LogP contribution in [-0.4, -0.2) is 54.4 Å². The molecule has 1 aliphatic rings. The Morgan fingerprint density at radius 2 is 1.86 bits per heavy atom. The van der Waals surface area contributed by atoms with Crippen molar-refractivity contribution in [1.29, 1.82) is 0 Å². The van der Waals surface area contributed by atoms with E-state index >= 15 is 0 Å². The van der Waals surface area contributed by atoms with Crippen LogP contribution in [0.5, 0.6) is 0 Å². The molecule has 2 aromatic rings. The van der Waals surface area contributed by atoms with Gasteiger partial charge in [-0.25, -0.2) is 9.48 Å². The van der Waals surface area contributed by atoms with Crippen molar-refractivity contribution in [2.24, 2.45) is 10.2 Å². The molecule has 1 aromatic heterocycles. The predicted octanol–water partition coefficient (Wildman–Crippen LogP) is 1.87. The van der Waals surface area contributed by atoms with E-state index < -0.39 is 30.6 Å². The first-order valence-electron chi connectivity index (χ1n) is 8.55. The van der Waals surface area contributed by atoms with Gasteiger partial charge < -0.3 is 10.2 Å². The maximum absolute atomic E-state index is 12.8. The lowest BCUT2D eigenvalue weighted by Crippen LogP contribution is -2.37. The van der Waals surface area contributed by atoms with E-state index in [2.05, 4.69) is 15.3 Å². The van der Waals surface area contributed by atoms with E-state index in [1.807, 2.05) is 0 Å². The second-order valence-corrected chi connectivity index (χ2v) is 6.99. The summed E-state index contributed by atoms with van der Waals surface area (Å²) in [6.07, 6.45) is -8.22. The lowest BCUT2D eigenvalue weighted by molar-refractivity contribution is -0.207. The number of benzene rings is 1. The molecule has 2 atom stereocenters. The van der Waals surface area contributed by atoms with Crippen LogP contribution in [-0.2, 0) is 13.1 Å². The Labute approximate surface area is 167 Å². The molecule has 0 radical (unpaired) electrons. The van der Waals surface area contributed by atoms with Crippen LogP contribution in [0.4, 0.5) is 13.2 Å². The summed E-state index contributed by atoms with van der Waals surface area (Å²) in [6.45, 7) is 0.395. The van der Waals surface area contributed by atoms with Crippen molar-refractivity contribution in [3.05, 3.63) is 39.8 Å². The van der Waals surface area contributed by atoms with Crippen LogP contribution in [0.15, 0.2) is 39.3 Å². The first-order chi connectivity index (χ1) is 13.6. The molecule has 3 rings (SSSR count). The van der Waals surface area contributed by atoms with Gasteiger partial charge in [0.05, 0.1) is 30.6 Å². The summed E-state index contributed by atoms with van der Waals surface area (Å²) in [4.78, 5) is 12.7. The molecule has 12 heteroatoms. The number of hydrogen-bond donors (Lipinski definition) is 2. The Morgan fingerprint density at radius 3 is 2.41 bits per heavy atom. The third-order valence-corrected chi connectivity index (χ3v) is 4.53. The quantitative estimate of drug-likeness (QED) is 0.728. The standard InChI is InChI=1S/C17H17ClF3N5O3/c1-9(27)13-6-12(22-23-13)7-26-16(29)25(8-14(28)17(19,20)21)15(24-26)10-2-4-11(18)5-3-10/h2-5,9,14,27-28H,6-8H2,1H3/t9?,14-/m0/s1. The average Bonchev–Trinajstić information content (AvgIpc) is 3.22. The molecule has 0 fully saturated rings. The molecule has 1 unspecified atom stereocenters. The van der Waals surface area contributed by atoms with E-state index in [1.54, 1.807) is 0 Å². The third kappa shape index (κ3) is 4.74. The van der Waals surface area contributed by atoms with Crippen LogP contribution in [0, 0.1) is 0 Å². The Hall–Kier alpha value is -2.50. The van der Waals surface area contributed by atoms with Crippen molar-refractivity contribution in [2.45, 2.75) is 44.8 Å². The van der Waals surface area contributed by atoms with Crippen LogP contribution < -0.4 is 5.69 Å². The van der Waals surface area contributed by atoms with Gasteiger partial charge in [-0.05, 0) is 31.2 Å². The number of aromatic nitrogens is 3. The molecule has 8 nitrogen and oxygen atoms in total. The van der Waals surface area contributed by atoms with Crippen LogP contribution in [0.25, 0.3) is 11.4 Å². The summed E-state index contributed by atoms with van der Waals surface area (Å²) in [7, 11) is 0. The zero-order valence-corrected chi connectivity index (χ0v) is 15.9. The molecule has 0 saturated heterocycles. The molecule has 0 amide bonds. The Kier molecular flexibility index (Phi) is 5.92. The van der Waals surface area contributed by atoms with Crippen molar-refractivity contribution >= 4 is 23.0 Å². The fraction of sp³-hybridized carbons (Fsp3) is 0.412. The molecule has 0 bridgehead atoms. The maximum atomic E-state index is 12.8. The summed E-state index contributed by atoms with van der Waals surface area (Å²) in [5, 5.41) is 31.2. The normalized spacial score (nSPS) is 16.5. The summed E-state index contributed by atoms with van der Waals surface area (Å²) >= 11 is 5.84. The highest BCUT2D eigenvalue weighted by atomic mass is 35.5. The molecule has 156 valence electrons. The highest BCUT2D eigenvalue weighted by molar-refractivity contribution is 6.30. The first-order valence-corrected chi connectivity index (χ1v) is 8.92. The number of aliphatic hydroxyl groups is 2. The van der Waals surface area contributed by atoms with Crippen molar-refractivity contribution in [3.63, 3.8) is 0 Å². The number of hydrogen-bond acceptors (Lipinski definition) is 6. The molecule has 2 heterocycles. The highest BCUT2D eigenvalue weighted by Gasteiger charge is 2.39. The fourth-order valence-corrected chi connectivity index (χ4v) is 2.83. The minimum atomic E-state index is -4.89. The number of aliphatic hydroxyl groups excluding tert-OH is 2. The molecule has 1 aliphatic heterocycles. The largest absolute Gasteiger partial charge is 0.416 e. The average molecular weight is 432 g/mol. The SMILES string of the molecule is CC(O)C1=NN=C(Cn2nc(-c3ccc(Cl)cc3)n(C[C@H](O)C(F)(F)F)c2=O)C1. The zero-order chi connectivity index (χ0) is 21.3. The molecule has 0 spiro atoms. The van der Waals surface area contributed by atoms with Crippen LogP contribution >= 0.6 is 11.6 Å². The van der Waals surface area contributed by atoms with Gasteiger partial charge in [-0.1, -0.05) is 11.6 Å². The van der Waals surface area contributed by atoms with E-state index in [0.717, 1.165) is 9.25 Å². The minimum absolute atomic E-state index is 0.0507. The Bertz CT molecular complexity index is 1010. The van der Waals surface area contributed by atoms with E-state index in [9.17, 15) is 28.2 Å². The third-order valence-electron chi connectivity index (χ3n) is 4.28. The van der Waals surface area contributed by atoms with Crippen molar-refractivity contribution in [1.82, 2.24) is 14.3 Å². The van der Waals surface area contributed by atoms with Gasteiger partial charge in [0, 0.05) is 17.0 Å². The molecule has 1 aromatic carbocycles. The van der Waals surface area contributed by atoms with Crippen molar-refractivity contribution < 1.29 is 23.4 Å². The first kappa shape index (κ1) is 21.2. The number of halogens is 4. The molecule has 2 N–H and O–H groups in total. The number of alkyl halides is 3. The molecule has 29 heavy (non-hydrogen) atoms. The number of nitrogens with zero attached hydrogens (tertiary/aromatic N) is 5. The van der Waals surface area contributed by atoms with Crippen molar-refractivity contribution in [2.75, 3.05) is 0 Å². The van der Waals surface area contributed by atoms with Crippen LogP contribution in [0.1, 0.15) is 13.3 Å². The van der Waals surface area contributed by atoms with Gasteiger partial charge in [0.2, 0.25) is 0 Å². The Morgan fingerprint density at radius 1 is 1.21 bits per heavy atom. The van der Waals surface area contributed by atoms with Gasteiger partial charge >= 0.3 is 11.9 Å². The van der Waals surface area contributed by atoms with Crippen molar-refractivity contribution in [3.8, 4) is 11.4 Å². The van der Waals surface area contributed by atoms with E-state index in [0.29, 0.717) is 22.0 Å². The molecular formula is C17H17ClF3N5O3. The van der Waals surface area contributed by atoms with E-state index in [4.69, 9.17) is 11.6 Å². The maximum Gasteiger partial charge on any atom is 0.416 e. The van der Waals surface area contributed by atoms with Crippen LogP contribution in [0.3, 0.4) is 0 Å². The lowest BCUT2D eigenvalue weighted by atomic mass is 10.1. The summed E-state index contributed by atoms with van der Waals surface area (Å²) in [6, 6.07) is 6.03. The monoisotopic (exact) mass is 431 g/mol. The van der Waals surface area contributed by atoms with Gasteiger partial charge in [0.15, 0.2) is 11.9 Å². The molecular weight excluding hydrogens is 415 g/mol. The smallest absolute Gasteiger partial charge is 0.387 e. The van der Waals surface area contributed by atoms with Gasteiger partial charge in [0.1, 0.15) is 0 Å². The summed E-state index contributed by atoms with van der Waals surface area (Å²) in [5.74, 6) is -0.0507. The highest BCUT2D eigenvalue weighted by Crippen LogP contribution is 2.24. The fourth-order valence-electron chi connectivity index (χ4n) is 2.70. The van der Waals surface area contributed by atoms with Gasteiger partial charge in [-0.15, -0.1) is 5.10 Å². The second kappa shape index (κ2) is 8.09. The Balaban J connectivity index is 1.95. The molecule has 0 saturated carbocycles. The van der Waals surface area contributed by atoms with E-state index in [1.165, 1.54) is 31.2 Å². The summed E-state index contributed by atoms with van der Waals surface area (Å²) in [5.41, 5.74) is 0.352. The van der Waals surface area contributed by atoms with Gasteiger partial charge in [-0.3, -0.25) is 4.57 Å². The second-order valence-electron chi connectivity index (χ2n) is 6.55. The zero-order valence-electron chi connectivity index (χ0n) is 15.1. The van der Waals surface area contributed by atoms with Gasteiger partial charge in [-0.2, -0.15) is 23.4 Å².